The van der Waals surface area contributed by atoms with E-state index in [0.29, 0.717) is 12.0 Å². The fourth-order valence-corrected chi connectivity index (χ4v) is 2.79. The molecule has 21 heavy (non-hydrogen) atoms. The number of rotatable bonds is 10. The predicted molar refractivity (Wildman–Crippen MR) is 91.2 cm³/mol. The molecule has 0 fully saturated rings. The zero-order valence-corrected chi connectivity index (χ0v) is 14.5. The van der Waals surface area contributed by atoms with E-state index in [2.05, 4.69) is 63.0 Å². The van der Waals surface area contributed by atoms with Crippen LogP contribution in [-0.4, -0.2) is 29.0 Å². The molecule has 0 unspecified atom stereocenters. The SMILES string of the molecule is CCNCc1cccc(CN(CC(C)C)C(CC)CC)n1. The molecule has 1 aromatic heterocycles. The number of nitrogens with one attached hydrogen (secondary N) is 1. The van der Waals surface area contributed by atoms with Gasteiger partial charge < -0.3 is 5.32 Å². The van der Waals surface area contributed by atoms with Gasteiger partial charge in [0.15, 0.2) is 0 Å². The van der Waals surface area contributed by atoms with E-state index in [4.69, 9.17) is 4.98 Å². The minimum atomic E-state index is 0.659. The molecule has 3 nitrogen and oxygen atoms in total. The van der Waals surface area contributed by atoms with Crippen LogP contribution < -0.4 is 5.32 Å². The van der Waals surface area contributed by atoms with Crippen molar-refractivity contribution < 1.29 is 0 Å². The standard InChI is InChI=1S/C18H33N3/c1-6-18(7-2)21(13-15(4)5)14-17-11-9-10-16(20-17)12-19-8-3/h9-11,15,18-19H,6-8,12-14H2,1-5H3. The summed E-state index contributed by atoms with van der Waals surface area (Å²) in [7, 11) is 0. The van der Waals surface area contributed by atoms with E-state index in [1.807, 2.05) is 0 Å². The molecule has 120 valence electrons. The van der Waals surface area contributed by atoms with E-state index in [-0.39, 0.29) is 0 Å². The first kappa shape index (κ1) is 18.1. The molecule has 0 atom stereocenters. The maximum Gasteiger partial charge on any atom is 0.0547 e. The smallest absolute Gasteiger partial charge is 0.0547 e. The Balaban J connectivity index is 2.77. The van der Waals surface area contributed by atoms with Gasteiger partial charge in [0.05, 0.1) is 11.4 Å². The summed E-state index contributed by atoms with van der Waals surface area (Å²) in [5, 5.41) is 3.35. The van der Waals surface area contributed by atoms with Crippen LogP contribution in [0.1, 0.15) is 58.8 Å². The van der Waals surface area contributed by atoms with Gasteiger partial charge in [-0.2, -0.15) is 0 Å². The van der Waals surface area contributed by atoms with Crippen molar-refractivity contribution in [2.45, 2.75) is 66.6 Å². The van der Waals surface area contributed by atoms with Crippen LogP contribution in [0.5, 0.6) is 0 Å². The molecular weight excluding hydrogens is 258 g/mol. The Morgan fingerprint density at radius 3 is 2.33 bits per heavy atom. The molecule has 0 aromatic carbocycles. The summed E-state index contributed by atoms with van der Waals surface area (Å²) in [4.78, 5) is 7.41. The number of nitrogens with zero attached hydrogens (tertiary/aromatic N) is 2. The van der Waals surface area contributed by atoms with Gasteiger partial charge >= 0.3 is 0 Å². The normalized spacial score (nSPS) is 11.8. The van der Waals surface area contributed by atoms with Crippen LogP contribution in [0.3, 0.4) is 0 Å². The number of aromatic nitrogens is 1. The monoisotopic (exact) mass is 291 g/mol. The Morgan fingerprint density at radius 1 is 1.10 bits per heavy atom. The average molecular weight is 291 g/mol. The van der Waals surface area contributed by atoms with E-state index in [9.17, 15) is 0 Å². The van der Waals surface area contributed by atoms with Crippen molar-refractivity contribution in [1.29, 1.82) is 0 Å². The summed E-state index contributed by atoms with van der Waals surface area (Å²) in [6, 6.07) is 7.06. The molecule has 1 rings (SSSR count). The Bertz CT molecular complexity index is 386. The lowest BCUT2D eigenvalue weighted by Gasteiger charge is -2.31. The van der Waals surface area contributed by atoms with Crippen molar-refractivity contribution in [3.05, 3.63) is 29.6 Å². The maximum atomic E-state index is 4.80. The maximum absolute atomic E-state index is 4.80. The topological polar surface area (TPSA) is 28.2 Å². The highest BCUT2D eigenvalue weighted by Crippen LogP contribution is 2.15. The highest BCUT2D eigenvalue weighted by molar-refractivity contribution is 5.11. The Kier molecular flexibility index (Phi) is 8.55. The van der Waals surface area contributed by atoms with Gasteiger partial charge in [0.1, 0.15) is 0 Å². The van der Waals surface area contributed by atoms with Crippen molar-refractivity contribution in [2.75, 3.05) is 13.1 Å². The zero-order chi connectivity index (χ0) is 15.7. The molecule has 0 spiro atoms. The minimum absolute atomic E-state index is 0.659. The molecule has 1 heterocycles. The Morgan fingerprint density at radius 2 is 1.76 bits per heavy atom. The van der Waals surface area contributed by atoms with E-state index < -0.39 is 0 Å². The fourth-order valence-electron chi connectivity index (χ4n) is 2.79. The van der Waals surface area contributed by atoms with Gasteiger partial charge in [-0.1, -0.05) is 40.7 Å². The molecule has 1 aromatic rings. The van der Waals surface area contributed by atoms with Crippen molar-refractivity contribution in [2.24, 2.45) is 5.92 Å². The first-order valence-electron chi connectivity index (χ1n) is 8.50. The highest BCUT2D eigenvalue weighted by Gasteiger charge is 2.17. The quantitative estimate of drug-likeness (QED) is 0.710. The van der Waals surface area contributed by atoms with Gasteiger partial charge in [0.2, 0.25) is 0 Å². The Hall–Kier alpha value is -0.930. The number of pyridine rings is 1. The van der Waals surface area contributed by atoms with Crippen LogP contribution in [0.15, 0.2) is 18.2 Å². The van der Waals surface area contributed by atoms with Crippen LogP contribution in [0.2, 0.25) is 0 Å². The lowest BCUT2D eigenvalue weighted by Crippen LogP contribution is -2.37. The van der Waals surface area contributed by atoms with Crippen LogP contribution >= 0.6 is 0 Å². The fraction of sp³-hybridized carbons (Fsp3) is 0.722. The van der Waals surface area contributed by atoms with Gasteiger partial charge in [0.25, 0.3) is 0 Å². The lowest BCUT2D eigenvalue weighted by atomic mass is 10.1. The van der Waals surface area contributed by atoms with Gasteiger partial charge in [0, 0.05) is 25.7 Å². The van der Waals surface area contributed by atoms with Crippen LogP contribution in [-0.2, 0) is 13.1 Å². The molecule has 0 amide bonds. The molecule has 3 heteroatoms. The third kappa shape index (κ3) is 6.58. The molecule has 0 aliphatic heterocycles. The third-order valence-electron chi connectivity index (χ3n) is 3.84. The molecular formula is C18H33N3. The van der Waals surface area contributed by atoms with E-state index in [0.717, 1.165) is 31.9 Å². The summed E-state index contributed by atoms with van der Waals surface area (Å²) in [5.41, 5.74) is 2.33. The lowest BCUT2D eigenvalue weighted by molar-refractivity contribution is 0.155. The highest BCUT2D eigenvalue weighted by atomic mass is 15.2. The zero-order valence-electron chi connectivity index (χ0n) is 14.5. The molecule has 1 N–H and O–H groups in total. The van der Waals surface area contributed by atoms with Crippen molar-refractivity contribution in [3.8, 4) is 0 Å². The molecule has 0 saturated carbocycles. The second-order valence-electron chi connectivity index (χ2n) is 6.19. The van der Waals surface area contributed by atoms with E-state index in [1.54, 1.807) is 0 Å². The van der Waals surface area contributed by atoms with E-state index >= 15 is 0 Å². The predicted octanol–water partition coefficient (Wildman–Crippen LogP) is 3.84. The number of hydrogen-bond donors (Lipinski definition) is 1. The summed E-state index contributed by atoms with van der Waals surface area (Å²) in [6.45, 7) is 15.2. The van der Waals surface area contributed by atoms with Gasteiger partial charge in [-0.25, -0.2) is 0 Å². The van der Waals surface area contributed by atoms with Crippen LogP contribution in [0.4, 0.5) is 0 Å². The average Bonchev–Trinajstić information content (AvgIpc) is 2.46. The summed E-state index contributed by atoms with van der Waals surface area (Å²) < 4.78 is 0. The van der Waals surface area contributed by atoms with E-state index in [1.165, 1.54) is 18.5 Å². The van der Waals surface area contributed by atoms with Crippen LogP contribution in [0, 0.1) is 5.92 Å². The summed E-state index contributed by atoms with van der Waals surface area (Å²) in [5.74, 6) is 0.690. The second kappa shape index (κ2) is 9.91. The molecule has 0 aliphatic carbocycles. The van der Waals surface area contributed by atoms with Crippen molar-refractivity contribution >= 4 is 0 Å². The molecule has 0 saturated heterocycles. The first-order chi connectivity index (χ1) is 10.1. The van der Waals surface area contributed by atoms with Gasteiger partial charge in [-0.15, -0.1) is 0 Å². The molecule has 0 bridgehead atoms. The number of hydrogen-bond acceptors (Lipinski definition) is 3. The largest absolute Gasteiger partial charge is 0.311 e. The Labute approximate surface area is 131 Å². The minimum Gasteiger partial charge on any atom is -0.311 e. The summed E-state index contributed by atoms with van der Waals surface area (Å²) in [6.07, 6.45) is 2.42. The molecule has 0 radical (unpaired) electrons. The van der Waals surface area contributed by atoms with Gasteiger partial charge in [-0.05, 0) is 37.4 Å². The van der Waals surface area contributed by atoms with Crippen molar-refractivity contribution in [3.63, 3.8) is 0 Å². The summed E-state index contributed by atoms with van der Waals surface area (Å²) >= 11 is 0. The second-order valence-corrected chi connectivity index (χ2v) is 6.19. The van der Waals surface area contributed by atoms with Crippen molar-refractivity contribution in [1.82, 2.24) is 15.2 Å². The molecule has 0 aliphatic rings. The first-order valence-corrected chi connectivity index (χ1v) is 8.50. The van der Waals surface area contributed by atoms with Gasteiger partial charge in [-0.3, -0.25) is 9.88 Å². The van der Waals surface area contributed by atoms with Crippen LogP contribution in [0.25, 0.3) is 0 Å². The third-order valence-corrected chi connectivity index (χ3v) is 3.84.